The van der Waals surface area contributed by atoms with Crippen molar-refractivity contribution in [3.05, 3.63) is 47.5 Å². The van der Waals surface area contributed by atoms with Gasteiger partial charge in [-0.15, -0.1) is 0 Å². The Balaban J connectivity index is 1.90. The van der Waals surface area contributed by atoms with E-state index in [0.717, 1.165) is 31.2 Å². The normalized spacial score (nSPS) is 18.3. The lowest BCUT2D eigenvalue weighted by atomic mass is 9.93. The van der Waals surface area contributed by atoms with E-state index in [4.69, 9.17) is 0 Å². The fourth-order valence-corrected chi connectivity index (χ4v) is 2.60. The maximum atomic E-state index is 12.2. The summed E-state index contributed by atoms with van der Waals surface area (Å²) in [4.78, 5) is 24.3. The number of rotatable bonds is 6. The average Bonchev–Trinajstić information content (AvgIpc) is 2.60. The van der Waals surface area contributed by atoms with E-state index in [1.807, 2.05) is 32.0 Å². The molecule has 1 aliphatic rings. The summed E-state index contributed by atoms with van der Waals surface area (Å²) in [5.41, 5.74) is 1.58. The molecule has 1 aliphatic carbocycles. The van der Waals surface area contributed by atoms with Crippen LogP contribution in [0.5, 0.6) is 0 Å². The molecule has 2 rings (SSSR count). The molecule has 0 spiro atoms. The van der Waals surface area contributed by atoms with Crippen LogP contribution in [-0.4, -0.2) is 17.9 Å². The highest BCUT2D eigenvalue weighted by atomic mass is 16.2. The first-order valence-corrected chi connectivity index (χ1v) is 8.42. The largest absolute Gasteiger partial charge is 0.352 e. The molecule has 2 amide bonds. The van der Waals surface area contributed by atoms with E-state index in [2.05, 4.69) is 22.8 Å². The van der Waals surface area contributed by atoms with Crippen LogP contribution >= 0.6 is 0 Å². The van der Waals surface area contributed by atoms with Crippen LogP contribution < -0.4 is 10.6 Å². The molecule has 4 nitrogen and oxygen atoms in total. The predicted molar refractivity (Wildman–Crippen MR) is 92.0 cm³/mol. The fraction of sp³-hybridized carbons (Fsp3) is 0.474. The van der Waals surface area contributed by atoms with E-state index in [1.165, 1.54) is 0 Å². The molecule has 4 heteroatoms. The Morgan fingerprint density at radius 3 is 2.83 bits per heavy atom. The van der Waals surface area contributed by atoms with Gasteiger partial charge in [-0.1, -0.05) is 31.2 Å². The summed E-state index contributed by atoms with van der Waals surface area (Å²) in [6.45, 7) is 4.49. The van der Waals surface area contributed by atoms with Gasteiger partial charge in [-0.05, 0) is 50.3 Å². The third-order valence-electron chi connectivity index (χ3n) is 4.29. The van der Waals surface area contributed by atoms with Crippen LogP contribution in [0.25, 0.3) is 0 Å². The summed E-state index contributed by atoms with van der Waals surface area (Å²) in [7, 11) is 0. The SMILES string of the molecule is CC[C@H](C)NC(=O)c1cccc(CNC(=O)[C@@H]2CC=CCC2)c1. The number of amides is 2. The number of benzene rings is 1. The lowest BCUT2D eigenvalue weighted by molar-refractivity contribution is -0.125. The van der Waals surface area contributed by atoms with Crippen molar-refractivity contribution in [1.82, 2.24) is 10.6 Å². The van der Waals surface area contributed by atoms with Crippen LogP contribution in [0.2, 0.25) is 0 Å². The van der Waals surface area contributed by atoms with Gasteiger partial charge < -0.3 is 10.6 Å². The number of nitrogens with one attached hydrogen (secondary N) is 2. The molecule has 0 saturated heterocycles. The van der Waals surface area contributed by atoms with Gasteiger partial charge in [0.05, 0.1) is 0 Å². The van der Waals surface area contributed by atoms with Gasteiger partial charge in [-0.25, -0.2) is 0 Å². The zero-order valence-corrected chi connectivity index (χ0v) is 14.0. The number of hydrogen-bond donors (Lipinski definition) is 2. The van der Waals surface area contributed by atoms with Crippen molar-refractivity contribution in [3.8, 4) is 0 Å². The van der Waals surface area contributed by atoms with Gasteiger partial charge in [0.15, 0.2) is 0 Å². The Labute approximate surface area is 138 Å². The molecule has 0 aliphatic heterocycles. The first-order chi connectivity index (χ1) is 11.1. The van der Waals surface area contributed by atoms with E-state index >= 15 is 0 Å². The Kier molecular flexibility index (Phi) is 6.39. The smallest absolute Gasteiger partial charge is 0.251 e. The maximum absolute atomic E-state index is 12.2. The lowest BCUT2D eigenvalue weighted by Crippen LogP contribution is -2.32. The van der Waals surface area contributed by atoms with Crippen molar-refractivity contribution in [3.63, 3.8) is 0 Å². The molecule has 1 aromatic carbocycles. The summed E-state index contributed by atoms with van der Waals surface area (Å²) in [5, 5.41) is 5.94. The summed E-state index contributed by atoms with van der Waals surface area (Å²) in [6, 6.07) is 7.59. The van der Waals surface area contributed by atoms with Crippen LogP contribution in [0.15, 0.2) is 36.4 Å². The third-order valence-corrected chi connectivity index (χ3v) is 4.29. The van der Waals surface area contributed by atoms with Crippen molar-refractivity contribution in [2.45, 2.75) is 52.1 Å². The second kappa shape index (κ2) is 8.51. The van der Waals surface area contributed by atoms with Crippen molar-refractivity contribution in [2.24, 2.45) is 5.92 Å². The van der Waals surface area contributed by atoms with Gasteiger partial charge in [0.2, 0.25) is 5.91 Å². The number of hydrogen-bond acceptors (Lipinski definition) is 2. The Hall–Kier alpha value is -2.10. The molecule has 0 unspecified atom stereocenters. The monoisotopic (exact) mass is 314 g/mol. The quantitative estimate of drug-likeness (QED) is 0.792. The molecule has 0 fully saturated rings. The molecule has 23 heavy (non-hydrogen) atoms. The Morgan fingerprint density at radius 1 is 1.30 bits per heavy atom. The van der Waals surface area contributed by atoms with Crippen LogP contribution in [0.1, 0.15) is 55.5 Å². The minimum Gasteiger partial charge on any atom is -0.352 e. The van der Waals surface area contributed by atoms with Crippen molar-refractivity contribution in [1.29, 1.82) is 0 Å². The molecule has 2 atom stereocenters. The molecule has 0 aromatic heterocycles. The number of carbonyl (C=O) groups is 2. The molecule has 0 heterocycles. The van der Waals surface area contributed by atoms with Crippen LogP contribution in [-0.2, 0) is 11.3 Å². The van der Waals surface area contributed by atoms with E-state index in [9.17, 15) is 9.59 Å². The molecule has 124 valence electrons. The molecule has 0 saturated carbocycles. The second-order valence-electron chi connectivity index (χ2n) is 6.18. The highest BCUT2D eigenvalue weighted by molar-refractivity contribution is 5.94. The van der Waals surface area contributed by atoms with Gasteiger partial charge >= 0.3 is 0 Å². The van der Waals surface area contributed by atoms with E-state index in [0.29, 0.717) is 12.1 Å². The molecule has 1 aromatic rings. The fourth-order valence-electron chi connectivity index (χ4n) is 2.60. The first kappa shape index (κ1) is 17.3. The van der Waals surface area contributed by atoms with Gasteiger partial charge in [0.25, 0.3) is 5.91 Å². The minimum absolute atomic E-state index is 0.0649. The van der Waals surface area contributed by atoms with Gasteiger partial charge in [0, 0.05) is 24.1 Å². The number of carbonyl (C=O) groups excluding carboxylic acids is 2. The van der Waals surface area contributed by atoms with Crippen LogP contribution in [0, 0.1) is 5.92 Å². The lowest BCUT2D eigenvalue weighted by Gasteiger charge is -2.17. The van der Waals surface area contributed by atoms with E-state index < -0.39 is 0 Å². The van der Waals surface area contributed by atoms with Gasteiger partial charge in [-0.3, -0.25) is 9.59 Å². The van der Waals surface area contributed by atoms with Crippen LogP contribution in [0.3, 0.4) is 0 Å². The van der Waals surface area contributed by atoms with Crippen molar-refractivity contribution in [2.75, 3.05) is 0 Å². The Bertz CT molecular complexity index is 580. The maximum Gasteiger partial charge on any atom is 0.251 e. The number of allylic oxidation sites excluding steroid dienone is 2. The van der Waals surface area contributed by atoms with Crippen molar-refractivity contribution < 1.29 is 9.59 Å². The Morgan fingerprint density at radius 2 is 2.13 bits per heavy atom. The zero-order valence-electron chi connectivity index (χ0n) is 14.0. The molecule has 0 radical (unpaired) electrons. The summed E-state index contributed by atoms with van der Waals surface area (Å²) in [6.07, 6.45) is 7.82. The average molecular weight is 314 g/mol. The van der Waals surface area contributed by atoms with E-state index in [-0.39, 0.29) is 23.8 Å². The first-order valence-electron chi connectivity index (χ1n) is 8.42. The summed E-state index contributed by atoms with van der Waals surface area (Å²) < 4.78 is 0. The predicted octanol–water partition coefficient (Wildman–Crippen LogP) is 3.19. The zero-order chi connectivity index (χ0) is 16.7. The van der Waals surface area contributed by atoms with E-state index in [1.54, 1.807) is 6.07 Å². The van der Waals surface area contributed by atoms with Crippen molar-refractivity contribution >= 4 is 11.8 Å². The summed E-state index contributed by atoms with van der Waals surface area (Å²) in [5.74, 6) is 0.116. The summed E-state index contributed by atoms with van der Waals surface area (Å²) >= 11 is 0. The third kappa shape index (κ3) is 5.23. The molecular formula is C19H26N2O2. The highest BCUT2D eigenvalue weighted by Gasteiger charge is 2.18. The molecule has 2 N–H and O–H groups in total. The standard InChI is InChI=1S/C19H26N2O2/c1-3-14(2)21-19(23)17-11-7-8-15(12-17)13-20-18(22)16-9-5-4-6-10-16/h4-5,7-8,11-12,14,16H,3,6,9-10,13H2,1-2H3,(H,20,22)(H,21,23)/t14-,16+/m0/s1. The highest BCUT2D eigenvalue weighted by Crippen LogP contribution is 2.18. The molecule has 0 bridgehead atoms. The van der Waals surface area contributed by atoms with Crippen LogP contribution in [0.4, 0.5) is 0 Å². The molecular weight excluding hydrogens is 288 g/mol. The second-order valence-corrected chi connectivity index (χ2v) is 6.18. The minimum atomic E-state index is -0.0649. The van der Waals surface area contributed by atoms with Gasteiger partial charge in [0.1, 0.15) is 0 Å². The van der Waals surface area contributed by atoms with Gasteiger partial charge in [-0.2, -0.15) is 0 Å². The topological polar surface area (TPSA) is 58.2 Å².